The summed E-state index contributed by atoms with van der Waals surface area (Å²) in [7, 11) is 0. The van der Waals surface area contributed by atoms with Gasteiger partial charge in [-0.15, -0.1) is 0 Å². The van der Waals surface area contributed by atoms with E-state index < -0.39 is 11.9 Å². The molecule has 0 unspecified atom stereocenters. The van der Waals surface area contributed by atoms with Gasteiger partial charge in [0, 0.05) is 23.5 Å². The van der Waals surface area contributed by atoms with Crippen LogP contribution in [0.3, 0.4) is 0 Å². The number of rotatable bonds is 3. The highest BCUT2D eigenvalue weighted by atomic mass is 19.4. The van der Waals surface area contributed by atoms with Gasteiger partial charge in [0.05, 0.1) is 5.52 Å². The van der Waals surface area contributed by atoms with E-state index in [1.165, 1.54) is 12.1 Å². The highest BCUT2D eigenvalue weighted by molar-refractivity contribution is 5.92. The van der Waals surface area contributed by atoms with Gasteiger partial charge in [-0.25, -0.2) is 15.0 Å². The van der Waals surface area contributed by atoms with E-state index in [0.717, 1.165) is 17.1 Å². The third kappa shape index (κ3) is 3.55. The smallest absolute Gasteiger partial charge is 0.340 e. The van der Waals surface area contributed by atoms with Crippen LogP contribution in [-0.4, -0.2) is 19.9 Å². The second kappa shape index (κ2) is 6.64. The third-order valence-corrected chi connectivity index (χ3v) is 3.81. The fraction of sp³-hybridized carbons (Fsp3) is 0.0526. The molecule has 0 bridgehead atoms. The topological polar surface area (TPSA) is 63.6 Å². The summed E-state index contributed by atoms with van der Waals surface area (Å²) >= 11 is 0. The quantitative estimate of drug-likeness (QED) is 0.561. The molecule has 0 saturated heterocycles. The Bertz CT molecular complexity index is 1100. The number of hydrogen-bond acceptors (Lipinski definition) is 5. The molecule has 4 rings (SSSR count). The fourth-order valence-corrected chi connectivity index (χ4v) is 2.58. The van der Waals surface area contributed by atoms with Gasteiger partial charge in [-0.2, -0.15) is 13.2 Å². The molecule has 3 aromatic heterocycles. The Morgan fingerprint density at radius 1 is 0.778 bits per heavy atom. The first-order valence-electron chi connectivity index (χ1n) is 7.99. The molecule has 0 aliphatic heterocycles. The van der Waals surface area contributed by atoms with Crippen LogP contribution < -0.4 is 5.32 Å². The number of para-hydroxylation sites is 1. The van der Waals surface area contributed by atoms with Gasteiger partial charge in [0.15, 0.2) is 5.82 Å². The second-order valence-corrected chi connectivity index (χ2v) is 5.68. The van der Waals surface area contributed by atoms with Crippen molar-refractivity contribution in [3.05, 3.63) is 72.7 Å². The minimum Gasteiger partial charge on any atom is -0.340 e. The van der Waals surface area contributed by atoms with Gasteiger partial charge in [0.25, 0.3) is 0 Å². The van der Waals surface area contributed by atoms with Crippen LogP contribution in [0.4, 0.5) is 24.7 Å². The highest BCUT2D eigenvalue weighted by Crippen LogP contribution is 2.30. The maximum atomic E-state index is 13.0. The maximum absolute atomic E-state index is 13.0. The molecule has 1 aromatic carbocycles. The molecule has 0 aliphatic rings. The van der Waals surface area contributed by atoms with Crippen molar-refractivity contribution in [3.63, 3.8) is 0 Å². The van der Waals surface area contributed by atoms with Gasteiger partial charge in [-0.3, -0.25) is 4.98 Å². The van der Waals surface area contributed by atoms with Crippen LogP contribution in [0, 0.1) is 0 Å². The number of fused-ring (bicyclic) bond motifs is 1. The average molecular weight is 367 g/mol. The summed E-state index contributed by atoms with van der Waals surface area (Å²) in [6, 6.07) is 14.4. The van der Waals surface area contributed by atoms with Crippen molar-refractivity contribution >= 4 is 22.4 Å². The van der Waals surface area contributed by atoms with Crippen LogP contribution in [0.1, 0.15) is 5.69 Å². The number of hydrogen-bond donors (Lipinski definition) is 1. The van der Waals surface area contributed by atoms with Crippen LogP contribution in [0.5, 0.6) is 0 Å². The predicted molar refractivity (Wildman–Crippen MR) is 95.3 cm³/mol. The van der Waals surface area contributed by atoms with E-state index in [4.69, 9.17) is 0 Å². The first kappa shape index (κ1) is 16.9. The number of nitrogens with one attached hydrogen (secondary N) is 1. The van der Waals surface area contributed by atoms with Gasteiger partial charge in [0.1, 0.15) is 17.2 Å². The van der Waals surface area contributed by atoms with E-state index in [-0.39, 0.29) is 11.5 Å². The zero-order chi connectivity index (χ0) is 18.9. The fourth-order valence-electron chi connectivity index (χ4n) is 2.58. The maximum Gasteiger partial charge on any atom is 0.433 e. The SMILES string of the molecule is FC(F)(F)c1cccc(-c2nc(Nc3ccncc3)c3ccccc3n2)n1. The minimum absolute atomic E-state index is 0.0494. The van der Waals surface area contributed by atoms with E-state index >= 15 is 0 Å². The molecular formula is C19H12F3N5. The Labute approximate surface area is 152 Å². The van der Waals surface area contributed by atoms with Crippen molar-refractivity contribution in [2.75, 3.05) is 5.32 Å². The second-order valence-electron chi connectivity index (χ2n) is 5.68. The first-order valence-corrected chi connectivity index (χ1v) is 7.99. The van der Waals surface area contributed by atoms with Crippen molar-refractivity contribution < 1.29 is 13.2 Å². The third-order valence-electron chi connectivity index (χ3n) is 3.81. The number of pyridine rings is 2. The Kier molecular flexibility index (Phi) is 4.15. The summed E-state index contributed by atoms with van der Waals surface area (Å²) in [6.07, 6.45) is -1.28. The molecule has 0 fully saturated rings. The van der Waals surface area contributed by atoms with Gasteiger partial charge in [-0.1, -0.05) is 18.2 Å². The zero-order valence-corrected chi connectivity index (χ0v) is 13.8. The summed E-state index contributed by atoms with van der Waals surface area (Å²) in [4.78, 5) is 16.4. The van der Waals surface area contributed by atoms with Crippen LogP contribution in [0.25, 0.3) is 22.4 Å². The predicted octanol–water partition coefficient (Wildman–Crippen LogP) is 4.85. The van der Waals surface area contributed by atoms with Crippen LogP contribution in [0.15, 0.2) is 67.0 Å². The largest absolute Gasteiger partial charge is 0.433 e. The number of anilines is 2. The lowest BCUT2D eigenvalue weighted by Gasteiger charge is -2.11. The van der Waals surface area contributed by atoms with Crippen molar-refractivity contribution in [1.82, 2.24) is 19.9 Å². The van der Waals surface area contributed by atoms with Crippen molar-refractivity contribution in [3.8, 4) is 11.5 Å². The Balaban J connectivity index is 1.85. The average Bonchev–Trinajstić information content (AvgIpc) is 2.68. The van der Waals surface area contributed by atoms with Crippen molar-refractivity contribution in [1.29, 1.82) is 0 Å². The highest BCUT2D eigenvalue weighted by Gasteiger charge is 2.32. The van der Waals surface area contributed by atoms with Gasteiger partial charge >= 0.3 is 6.18 Å². The summed E-state index contributed by atoms with van der Waals surface area (Å²) in [5, 5.41) is 3.90. The van der Waals surface area contributed by atoms with Crippen LogP contribution >= 0.6 is 0 Å². The Morgan fingerprint density at radius 2 is 1.56 bits per heavy atom. The molecule has 3 heterocycles. The lowest BCUT2D eigenvalue weighted by Crippen LogP contribution is -2.09. The number of benzene rings is 1. The molecule has 27 heavy (non-hydrogen) atoms. The number of nitrogens with zero attached hydrogens (tertiary/aromatic N) is 4. The Morgan fingerprint density at radius 3 is 2.33 bits per heavy atom. The zero-order valence-electron chi connectivity index (χ0n) is 13.8. The van der Waals surface area contributed by atoms with Gasteiger partial charge in [0.2, 0.25) is 0 Å². The molecule has 0 radical (unpaired) electrons. The normalized spacial score (nSPS) is 11.5. The lowest BCUT2D eigenvalue weighted by molar-refractivity contribution is -0.141. The number of aromatic nitrogens is 4. The molecule has 0 spiro atoms. The standard InChI is InChI=1S/C19H12F3N5/c20-19(21,22)16-7-3-6-15(25-16)18-26-14-5-2-1-4-13(14)17(27-18)24-12-8-10-23-11-9-12/h1-11H,(H,23,24,26,27). The van der Waals surface area contributed by atoms with Crippen LogP contribution in [-0.2, 0) is 6.18 Å². The van der Waals surface area contributed by atoms with E-state index in [1.807, 2.05) is 12.1 Å². The molecule has 0 aliphatic carbocycles. The summed E-state index contributed by atoms with van der Waals surface area (Å²) < 4.78 is 38.9. The summed E-state index contributed by atoms with van der Waals surface area (Å²) in [6.45, 7) is 0. The van der Waals surface area contributed by atoms with Gasteiger partial charge in [-0.05, 0) is 36.4 Å². The first-order chi connectivity index (χ1) is 13.0. The van der Waals surface area contributed by atoms with Crippen molar-refractivity contribution in [2.45, 2.75) is 6.18 Å². The minimum atomic E-state index is -4.54. The van der Waals surface area contributed by atoms with E-state index in [0.29, 0.717) is 11.3 Å². The molecule has 0 amide bonds. The Hall–Kier alpha value is -3.55. The summed E-state index contributed by atoms with van der Waals surface area (Å²) in [5.41, 5.74) is 0.406. The van der Waals surface area contributed by atoms with Gasteiger partial charge < -0.3 is 5.32 Å². The number of alkyl halides is 3. The van der Waals surface area contributed by atoms with Crippen LogP contribution in [0.2, 0.25) is 0 Å². The molecule has 0 atom stereocenters. The monoisotopic (exact) mass is 367 g/mol. The summed E-state index contributed by atoms with van der Waals surface area (Å²) in [5.74, 6) is 0.581. The van der Waals surface area contributed by atoms with E-state index in [2.05, 4.69) is 25.3 Å². The molecule has 4 aromatic rings. The van der Waals surface area contributed by atoms with Crippen molar-refractivity contribution in [2.24, 2.45) is 0 Å². The molecular weight excluding hydrogens is 355 g/mol. The van der Waals surface area contributed by atoms with E-state index in [1.54, 1.807) is 36.7 Å². The molecule has 5 nitrogen and oxygen atoms in total. The lowest BCUT2D eigenvalue weighted by atomic mass is 10.2. The molecule has 8 heteroatoms. The van der Waals surface area contributed by atoms with E-state index in [9.17, 15) is 13.2 Å². The molecule has 1 N–H and O–H groups in total. The number of halogens is 3. The molecule has 134 valence electrons. The molecule has 0 saturated carbocycles.